The average Bonchev–Trinajstić information content (AvgIpc) is 2.70. The van der Waals surface area contributed by atoms with Crippen LogP contribution >= 0.6 is 0 Å². The van der Waals surface area contributed by atoms with Gasteiger partial charge in [0, 0.05) is 32.2 Å². The first-order valence-corrected chi connectivity index (χ1v) is 6.88. The second-order valence-corrected chi connectivity index (χ2v) is 5.65. The van der Waals surface area contributed by atoms with Gasteiger partial charge in [0.2, 0.25) is 0 Å². The van der Waals surface area contributed by atoms with Crippen molar-refractivity contribution in [3.8, 4) is 0 Å². The molecule has 2 rings (SSSR count). The fourth-order valence-electron chi connectivity index (χ4n) is 3.18. The van der Waals surface area contributed by atoms with E-state index in [0.29, 0.717) is 6.04 Å². The Morgan fingerprint density at radius 3 is 2.81 bits per heavy atom. The van der Waals surface area contributed by atoms with Crippen LogP contribution in [-0.4, -0.2) is 48.3 Å². The van der Waals surface area contributed by atoms with Gasteiger partial charge < -0.3 is 10.4 Å². The van der Waals surface area contributed by atoms with Gasteiger partial charge in [-0.3, -0.25) is 4.90 Å². The summed E-state index contributed by atoms with van der Waals surface area (Å²) in [6.07, 6.45) is 6.36. The predicted octanol–water partition coefficient (Wildman–Crippen LogP) is 1.22. The first-order chi connectivity index (χ1) is 7.74. The Morgan fingerprint density at radius 1 is 1.38 bits per heavy atom. The molecule has 1 heterocycles. The Hall–Kier alpha value is -0.120. The van der Waals surface area contributed by atoms with Crippen molar-refractivity contribution in [2.24, 2.45) is 5.92 Å². The van der Waals surface area contributed by atoms with E-state index in [-0.39, 0.29) is 6.10 Å². The number of piperazine rings is 1. The Kier molecular flexibility index (Phi) is 4.62. The summed E-state index contributed by atoms with van der Waals surface area (Å²) in [5.41, 5.74) is 0. The average molecular weight is 226 g/mol. The van der Waals surface area contributed by atoms with E-state index in [0.717, 1.165) is 38.5 Å². The maximum absolute atomic E-state index is 10.1. The van der Waals surface area contributed by atoms with Gasteiger partial charge in [-0.1, -0.05) is 25.7 Å². The van der Waals surface area contributed by atoms with Gasteiger partial charge in [0.15, 0.2) is 0 Å². The minimum absolute atomic E-state index is 0.103. The lowest BCUT2D eigenvalue weighted by Crippen LogP contribution is -2.51. The number of aliphatic hydroxyl groups is 1. The molecule has 2 N–H and O–H groups in total. The number of β-amino-alcohol motifs (C(OH)–C–C–N with tert-alkyl or cyclic N) is 1. The third-order valence-electron chi connectivity index (χ3n) is 4.00. The molecule has 16 heavy (non-hydrogen) atoms. The number of hydrogen-bond acceptors (Lipinski definition) is 3. The van der Waals surface area contributed by atoms with Crippen molar-refractivity contribution >= 4 is 0 Å². The van der Waals surface area contributed by atoms with Gasteiger partial charge >= 0.3 is 0 Å². The fourth-order valence-corrected chi connectivity index (χ4v) is 3.18. The highest BCUT2D eigenvalue weighted by Crippen LogP contribution is 2.28. The van der Waals surface area contributed by atoms with Crippen LogP contribution in [0.15, 0.2) is 0 Å². The molecule has 0 aromatic carbocycles. The molecule has 0 radical (unpaired) electrons. The van der Waals surface area contributed by atoms with Crippen molar-refractivity contribution in [2.75, 3.05) is 26.2 Å². The molecular weight excluding hydrogens is 200 g/mol. The number of nitrogens with zero attached hydrogens (tertiary/aromatic N) is 1. The highest BCUT2D eigenvalue weighted by atomic mass is 16.3. The normalized spacial score (nSPS) is 30.8. The second-order valence-electron chi connectivity index (χ2n) is 5.65. The van der Waals surface area contributed by atoms with Gasteiger partial charge in [-0.05, 0) is 19.3 Å². The lowest BCUT2D eigenvalue weighted by atomic mass is 9.99. The molecule has 0 amide bonds. The SMILES string of the molecule is CC1CN(CC(O)CC2CCCC2)CCN1. The monoisotopic (exact) mass is 226 g/mol. The third-order valence-corrected chi connectivity index (χ3v) is 4.00. The van der Waals surface area contributed by atoms with Gasteiger partial charge in [-0.25, -0.2) is 0 Å². The molecule has 3 nitrogen and oxygen atoms in total. The standard InChI is InChI=1S/C13H26N2O/c1-11-9-15(7-6-14-11)10-13(16)8-12-4-2-3-5-12/h11-14,16H,2-10H2,1H3. The topological polar surface area (TPSA) is 35.5 Å². The fraction of sp³-hybridized carbons (Fsp3) is 1.00. The van der Waals surface area contributed by atoms with E-state index in [1.165, 1.54) is 25.7 Å². The Bertz CT molecular complexity index is 204. The molecule has 0 spiro atoms. The Balaban J connectivity index is 1.67. The van der Waals surface area contributed by atoms with Crippen molar-refractivity contribution in [1.82, 2.24) is 10.2 Å². The van der Waals surface area contributed by atoms with Crippen LogP contribution in [0, 0.1) is 5.92 Å². The molecule has 3 heteroatoms. The molecule has 1 saturated heterocycles. The zero-order valence-electron chi connectivity index (χ0n) is 10.5. The lowest BCUT2D eigenvalue weighted by Gasteiger charge is -2.33. The highest BCUT2D eigenvalue weighted by molar-refractivity contribution is 4.78. The van der Waals surface area contributed by atoms with Gasteiger partial charge in [-0.2, -0.15) is 0 Å². The van der Waals surface area contributed by atoms with Crippen LogP contribution < -0.4 is 5.32 Å². The minimum Gasteiger partial charge on any atom is -0.392 e. The van der Waals surface area contributed by atoms with Crippen molar-refractivity contribution < 1.29 is 5.11 Å². The summed E-state index contributed by atoms with van der Waals surface area (Å²) in [4.78, 5) is 2.40. The maximum atomic E-state index is 10.1. The summed E-state index contributed by atoms with van der Waals surface area (Å²) in [5, 5.41) is 13.5. The van der Waals surface area contributed by atoms with Crippen LogP contribution in [0.4, 0.5) is 0 Å². The van der Waals surface area contributed by atoms with E-state index < -0.39 is 0 Å². The van der Waals surface area contributed by atoms with Crippen molar-refractivity contribution in [1.29, 1.82) is 0 Å². The first kappa shape index (κ1) is 12.3. The van der Waals surface area contributed by atoms with Gasteiger partial charge in [0.05, 0.1) is 6.10 Å². The Morgan fingerprint density at radius 2 is 2.12 bits per heavy atom. The number of nitrogens with one attached hydrogen (secondary N) is 1. The highest BCUT2D eigenvalue weighted by Gasteiger charge is 2.22. The van der Waals surface area contributed by atoms with Crippen molar-refractivity contribution in [3.05, 3.63) is 0 Å². The molecule has 2 unspecified atom stereocenters. The molecule has 2 fully saturated rings. The van der Waals surface area contributed by atoms with E-state index in [1.807, 2.05) is 0 Å². The summed E-state index contributed by atoms with van der Waals surface area (Å²) in [6, 6.07) is 0.576. The largest absolute Gasteiger partial charge is 0.392 e. The van der Waals surface area contributed by atoms with E-state index >= 15 is 0 Å². The van der Waals surface area contributed by atoms with Gasteiger partial charge in [0.25, 0.3) is 0 Å². The number of hydrogen-bond donors (Lipinski definition) is 2. The zero-order chi connectivity index (χ0) is 11.4. The smallest absolute Gasteiger partial charge is 0.0669 e. The van der Waals surface area contributed by atoms with E-state index in [1.54, 1.807) is 0 Å². The van der Waals surface area contributed by atoms with Crippen LogP contribution in [0.2, 0.25) is 0 Å². The van der Waals surface area contributed by atoms with Crippen LogP contribution in [0.3, 0.4) is 0 Å². The molecule has 1 aliphatic carbocycles. The summed E-state index contributed by atoms with van der Waals surface area (Å²) in [6.45, 7) is 6.34. The van der Waals surface area contributed by atoms with E-state index in [9.17, 15) is 5.11 Å². The molecule has 2 aliphatic rings. The molecule has 0 bridgehead atoms. The summed E-state index contributed by atoms with van der Waals surface area (Å²) in [7, 11) is 0. The second kappa shape index (κ2) is 5.99. The van der Waals surface area contributed by atoms with Gasteiger partial charge in [0.1, 0.15) is 0 Å². The molecule has 1 saturated carbocycles. The molecule has 94 valence electrons. The maximum Gasteiger partial charge on any atom is 0.0669 e. The van der Waals surface area contributed by atoms with Crippen LogP contribution in [0.1, 0.15) is 39.0 Å². The van der Waals surface area contributed by atoms with Crippen molar-refractivity contribution in [3.63, 3.8) is 0 Å². The Labute approximate surface area is 99.2 Å². The lowest BCUT2D eigenvalue weighted by molar-refractivity contribution is 0.0784. The van der Waals surface area contributed by atoms with E-state index in [4.69, 9.17) is 0 Å². The van der Waals surface area contributed by atoms with Crippen LogP contribution in [0.25, 0.3) is 0 Å². The number of aliphatic hydroxyl groups excluding tert-OH is 1. The predicted molar refractivity (Wildman–Crippen MR) is 66.5 cm³/mol. The van der Waals surface area contributed by atoms with Crippen LogP contribution in [-0.2, 0) is 0 Å². The minimum atomic E-state index is -0.103. The summed E-state index contributed by atoms with van der Waals surface area (Å²) in [5.74, 6) is 0.801. The number of rotatable bonds is 4. The molecule has 2 atom stereocenters. The zero-order valence-corrected chi connectivity index (χ0v) is 10.5. The molecular formula is C13H26N2O. The molecule has 0 aromatic rings. The first-order valence-electron chi connectivity index (χ1n) is 6.88. The molecule has 0 aromatic heterocycles. The van der Waals surface area contributed by atoms with Crippen LogP contribution in [0.5, 0.6) is 0 Å². The summed E-state index contributed by atoms with van der Waals surface area (Å²) < 4.78 is 0. The quantitative estimate of drug-likeness (QED) is 0.756. The molecule has 1 aliphatic heterocycles. The van der Waals surface area contributed by atoms with Gasteiger partial charge in [-0.15, -0.1) is 0 Å². The van der Waals surface area contributed by atoms with Crippen molar-refractivity contribution in [2.45, 2.75) is 51.2 Å². The third kappa shape index (κ3) is 3.72. The van der Waals surface area contributed by atoms with E-state index in [2.05, 4.69) is 17.1 Å². The summed E-state index contributed by atoms with van der Waals surface area (Å²) >= 11 is 0.